The van der Waals surface area contributed by atoms with Gasteiger partial charge >= 0.3 is 11.7 Å². The van der Waals surface area contributed by atoms with Gasteiger partial charge in [0.2, 0.25) is 5.88 Å². The van der Waals surface area contributed by atoms with E-state index in [0.29, 0.717) is 0 Å². The number of carboxylic acid groups (broad SMARTS) is 1. The zero-order valence-corrected chi connectivity index (χ0v) is 6.94. The van der Waals surface area contributed by atoms with Crippen molar-refractivity contribution in [1.82, 2.24) is 9.55 Å². The highest BCUT2D eigenvalue weighted by Crippen LogP contribution is 2.16. The number of H-pyrrole nitrogens is 1. The van der Waals surface area contributed by atoms with E-state index in [1.807, 2.05) is 4.98 Å². The summed E-state index contributed by atoms with van der Waals surface area (Å²) in [7, 11) is 0. The Hall–Kier alpha value is -2.05. The van der Waals surface area contributed by atoms with E-state index in [2.05, 4.69) is 0 Å². The molecule has 0 saturated heterocycles. The summed E-state index contributed by atoms with van der Waals surface area (Å²) in [4.78, 5) is 34.8. The fraction of sp³-hybridized carbons (Fsp3) is 0.286. The molecule has 0 radical (unpaired) electrons. The number of carbonyl (C=O) groups is 1. The summed E-state index contributed by atoms with van der Waals surface area (Å²) in [6, 6.07) is 0. The van der Waals surface area contributed by atoms with Gasteiger partial charge in [-0.25, -0.2) is 9.59 Å². The second-order valence-corrected chi connectivity index (χ2v) is 2.74. The fourth-order valence-corrected chi connectivity index (χ4v) is 1.33. The summed E-state index contributed by atoms with van der Waals surface area (Å²) in [6.07, 6.45) is 0. The Balaban J connectivity index is 2.85. The topological polar surface area (TPSA) is 101 Å². The summed E-state index contributed by atoms with van der Waals surface area (Å²) < 4.78 is 6.00. The minimum atomic E-state index is -1.41. The van der Waals surface area contributed by atoms with Gasteiger partial charge in [-0.3, -0.25) is 14.3 Å². The Bertz CT molecular complexity index is 512. The number of fused-ring (bicyclic) bond motifs is 1. The largest absolute Gasteiger partial charge is 0.477 e. The number of aromatic nitrogens is 2. The SMILES string of the molecule is O=C(O)c1c2n(c(=O)[nH]c1=O)CCO2. The molecule has 74 valence electrons. The van der Waals surface area contributed by atoms with Crippen LogP contribution in [0, 0.1) is 0 Å². The third-order valence-electron chi connectivity index (χ3n) is 1.92. The Morgan fingerprint density at radius 3 is 2.86 bits per heavy atom. The van der Waals surface area contributed by atoms with Gasteiger partial charge in [0.25, 0.3) is 5.56 Å². The molecule has 2 rings (SSSR count). The smallest absolute Gasteiger partial charge is 0.346 e. The lowest BCUT2D eigenvalue weighted by Crippen LogP contribution is -2.32. The van der Waals surface area contributed by atoms with Crippen LogP contribution in [0.1, 0.15) is 10.4 Å². The first-order chi connectivity index (χ1) is 6.61. The molecule has 0 aromatic carbocycles. The van der Waals surface area contributed by atoms with Gasteiger partial charge in [-0.15, -0.1) is 0 Å². The molecular formula is C7H6N2O5. The predicted octanol–water partition coefficient (Wildman–Crippen LogP) is -1.37. The molecule has 14 heavy (non-hydrogen) atoms. The van der Waals surface area contributed by atoms with Crippen molar-refractivity contribution < 1.29 is 14.6 Å². The minimum absolute atomic E-state index is 0.161. The predicted molar refractivity (Wildman–Crippen MR) is 43.8 cm³/mol. The molecule has 0 saturated carbocycles. The first kappa shape index (κ1) is 8.54. The van der Waals surface area contributed by atoms with Crippen LogP contribution in [0.2, 0.25) is 0 Å². The first-order valence-electron chi connectivity index (χ1n) is 3.84. The molecular weight excluding hydrogens is 192 g/mol. The lowest BCUT2D eigenvalue weighted by Gasteiger charge is -2.02. The Kier molecular flexibility index (Phi) is 1.66. The van der Waals surface area contributed by atoms with Gasteiger partial charge in [-0.1, -0.05) is 0 Å². The monoisotopic (exact) mass is 198 g/mol. The van der Waals surface area contributed by atoms with E-state index in [1.165, 1.54) is 0 Å². The second-order valence-electron chi connectivity index (χ2n) is 2.74. The minimum Gasteiger partial charge on any atom is -0.477 e. The van der Waals surface area contributed by atoms with Gasteiger partial charge in [-0.05, 0) is 0 Å². The van der Waals surface area contributed by atoms with Crippen LogP contribution in [0.25, 0.3) is 0 Å². The van der Waals surface area contributed by atoms with Crippen LogP contribution in [0.5, 0.6) is 5.88 Å². The van der Waals surface area contributed by atoms with Gasteiger partial charge in [0, 0.05) is 0 Å². The van der Waals surface area contributed by atoms with E-state index in [9.17, 15) is 14.4 Å². The van der Waals surface area contributed by atoms with Gasteiger partial charge in [0.05, 0.1) is 6.54 Å². The molecule has 0 bridgehead atoms. The van der Waals surface area contributed by atoms with Crippen molar-refractivity contribution in [3.05, 3.63) is 26.4 Å². The van der Waals surface area contributed by atoms with E-state index < -0.39 is 22.8 Å². The summed E-state index contributed by atoms with van der Waals surface area (Å²) in [6.45, 7) is 0.456. The molecule has 0 spiro atoms. The van der Waals surface area contributed by atoms with Crippen LogP contribution in [-0.4, -0.2) is 27.2 Å². The molecule has 1 aromatic rings. The van der Waals surface area contributed by atoms with E-state index in [4.69, 9.17) is 9.84 Å². The van der Waals surface area contributed by atoms with E-state index in [1.54, 1.807) is 0 Å². The second kappa shape index (κ2) is 2.72. The van der Waals surface area contributed by atoms with Gasteiger partial charge in [-0.2, -0.15) is 0 Å². The van der Waals surface area contributed by atoms with Crippen LogP contribution in [-0.2, 0) is 6.54 Å². The number of aromatic amines is 1. The molecule has 0 fully saturated rings. The molecule has 1 aliphatic heterocycles. The average molecular weight is 198 g/mol. The van der Waals surface area contributed by atoms with Crippen molar-refractivity contribution in [2.75, 3.05) is 6.61 Å². The maximum Gasteiger partial charge on any atom is 0.346 e. The molecule has 0 amide bonds. The van der Waals surface area contributed by atoms with E-state index in [-0.39, 0.29) is 19.0 Å². The summed E-state index contributed by atoms with van der Waals surface area (Å²) >= 11 is 0. The van der Waals surface area contributed by atoms with Crippen LogP contribution in [0.15, 0.2) is 9.59 Å². The third kappa shape index (κ3) is 1.02. The summed E-state index contributed by atoms with van der Waals surface area (Å²) in [5, 5.41) is 8.71. The van der Waals surface area contributed by atoms with E-state index in [0.717, 1.165) is 4.57 Å². The Labute approximate surface area is 76.6 Å². The maximum atomic E-state index is 11.1. The highest BCUT2D eigenvalue weighted by molar-refractivity contribution is 5.89. The number of ether oxygens (including phenoxy) is 1. The average Bonchev–Trinajstić information content (AvgIpc) is 2.51. The zero-order valence-electron chi connectivity index (χ0n) is 6.94. The summed E-state index contributed by atoms with van der Waals surface area (Å²) in [5.74, 6) is -1.57. The molecule has 2 N–H and O–H groups in total. The Morgan fingerprint density at radius 2 is 2.21 bits per heavy atom. The number of nitrogens with one attached hydrogen (secondary N) is 1. The molecule has 0 unspecified atom stereocenters. The fourth-order valence-electron chi connectivity index (χ4n) is 1.33. The maximum absolute atomic E-state index is 11.1. The van der Waals surface area contributed by atoms with E-state index >= 15 is 0 Å². The zero-order chi connectivity index (χ0) is 10.3. The molecule has 7 nitrogen and oxygen atoms in total. The number of hydrogen-bond donors (Lipinski definition) is 2. The van der Waals surface area contributed by atoms with Crippen molar-refractivity contribution in [2.45, 2.75) is 6.54 Å². The third-order valence-corrected chi connectivity index (χ3v) is 1.92. The van der Waals surface area contributed by atoms with Gasteiger partial charge in [0.15, 0.2) is 5.56 Å². The van der Waals surface area contributed by atoms with Crippen LogP contribution >= 0.6 is 0 Å². The quantitative estimate of drug-likeness (QED) is 0.579. The highest BCUT2D eigenvalue weighted by Gasteiger charge is 2.25. The van der Waals surface area contributed by atoms with Crippen molar-refractivity contribution in [3.8, 4) is 5.88 Å². The highest BCUT2D eigenvalue weighted by atomic mass is 16.5. The van der Waals surface area contributed by atoms with Crippen LogP contribution < -0.4 is 16.0 Å². The summed E-state index contributed by atoms with van der Waals surface area (Å²) in [5.41, 5.74) is -2.11. The molecule has 1 aliphatic rings. The molecule has 1 aromatic heterocycles. The lowest BCUT2D eigenvalue weighted by molar-refractivity contribution is 0.0690. The number of carboxylic acids is 1. The molecule has 2 heterocycles. The first-order valence-corrected chi connectivity index (χ1v) is 3.84. The lowest BCUT2D eigenvalue weighted by atomic mass is 10.3. The van der Waals surface area contributed by atoms with Gasteiger partial charge < -0.3 is 9.84 Å². The molecule has 0 aliphatic carbocycles. The van der Waals surface area contributed by atoms with Crippen molar-refractivity contribution >= 4 is 5.97 Å². The van der Waals surface area contributed by atoms with Crippen molar-refractivity contribution in [2.24, 2.45) is 0 Å². The van der Waals surface area contributed by atoms with Crippen molar-refractivity contribution in [1.29, 1.82) is 0 Å². The standard InChI is InChI=1S/C7H6N2O5/c10-4-3(6(11)12)5-9(1-2-14-5)7(13)8-4/h1-2H2,(H,11,12)(H,8,10,13). The Morgan fingerprint density at radius 1 is 1.50 bits per heavy atom. The van der Waals surface area contributed by atoms with Gasteiger partial charge in [0.1, 0.15) is 6.61 Å². The number of hydrogen-bond acceptors (Lipinski definition) is 4. The normalized spacial score (nSPS) is 13.4. The molecule has 7 heteroatoms. The van der Waals surface area contributed by atoms with Crippen LogP contribution in [0.3, 0.4) is 0 Å². The number of rotatable bonds is 1. The van der Waals surface area contributed by atoms with Crippen LogP contribution in [0.4, 0.5) is 0 Å². The number of aromatic carboxylic acids is 1. The number of nitrogens with zero attached hydrogens (tertiary/aromatic N) is 1. The van der Waals surface area contributed by atoms with Crippen molar-refractivity contribution in [3.63, 3.8) is 0 Å². The molecule has 0 atom stereocenters.